The highest BCUT2D eigenvalue weighted by Crippen LogP contribution is 2.17. The van der Waals surface area contributed by atoms with Crippen LogP contribution in [-0.2, 0) is 13.1 Å². The molecule has 26 heavy (non-hydrogen) atoms. The van der Waals surface area contributed by atoms with Crippen LogP contribution in [0.5, 0.6) is 0 Å². The maximum absolute atomic E-state index is 5.34. The summed E-state index contributed by atoms with van der Waals surface area (Å²) >= 11 is 0. The Kier molecular flexibility index (Phi) is 6.09. The third-order valence-corrected chi connectivity index (χ3v) is 4.52. The fraction of sp³-hybridized carbons (Fsp3) is 0.526. The van der Waals surface area contributed by atoms with E-state index >= 15 is 0 Å². The Morgan fingerprint density at radius 2 is 2.00 bits per heavy atom. The molecule has 0 bridgehead atoms. The van der Waals surface area contributed by atoms with Crippen molar-refractivity contribution in [2.24, 2.45) is 4.99 Å². The highest BCUT2D eigenvalue weighted by Gasteiger charge is 2.13. The van der Waals surface area contributed by atoms with Gasteiger partial charge in [0.15, 0.2) is 11.7 Å². The summed E-state index contributed by atoms with van der Waals surface area (Å²) in [7, 11) is 1.75. The van der Waals surface area contributed by atoms with E-state index in [0.29, 0.717) is 19.0 Å². The molecule has 1 aliphatic heterocycles. The van der Waals surface area contributed by atoms with Gasteiger partial charge >= 0.3 is 0 Å². The molecule has 2 aromatic rings. The topological polar surface area (TPSA) is 78.6 Å². The normalized spacial score (nSPS) is 14.9. The molecule has 0 unspecified atom stereocenters. The summed E-state index contributed by atoms with van der Waals surface area (Å²) in [6.45, 7) is 7.63. The van der Waals surface area contributed by atoms with E-state index in [1.54, 1.807) is 7.05 Å². The second kappa shape index (κ2) is 8.69. The number of nitrogens with zero attached hydrogens (tertiary/aromatic N) is 4. The Morgan fingerprint density at radius 1 is 1.23 bits per heavy atom. The maximum atomic E-state index is 5.34. The van der Waals surface area contributed by atoms with Crippen LogP contribution in [0.3, 0.4) is 0 Å². The Bertz CT molecular complexity index is 716. The SMILES string of the molecule is CN=C(NCc1ccc(N2CCCC2)nc1)NCc1cc(C(C)C)no1. The van der Waals surface area contributed by atoms with Gasteiger partial charge in [0.25, 0.3) is 0 Å². The molecule has 2 N–H and O–H groups in total. The monoisotopic (exact) mass is 356 g/mol. The molecule has 1 saturated heterocycles. The van der Waals surface area contributed by atoms with Crippen molar-refractivity contribution in [1.82, 2.24) is 20.8 Å². The number of rotatable bonds is 6. The molecule has 0 atom stereocenters. The summed E-state index contributed by atoms with van der Waals surface area (Å²) in [5, 5.41) is 10.6. The standard InChI is InChI=1S/C19H28N6O/c1-14(2)17-10-16(26-24-17)13-23-19(20-3)22-12-15-6-7-18(21-11-15)25-8-4-5-9-25/h6-7,10-11,14H,4-5,8-9,12-13H2,1-3H3,(H2,20,22,23). The molecule has 3 rings (SSSR count). The predicted octanol–water partition coefficient (Wildman–Crippen LogP) is 2.66. The zero-order chi connectivity index (χ0) is 18.4. The molecule has 0 saturated carbocycles. The van der Waals surface area contributed by atoms with Gasteiger partial charge in [0.05, 0.1) is 12.2 Å². The average molecular weight is 356 g/mol. The smallest absolute Gasteiger partial charge is 0.191 e. The molecule has 0 spiro atoms. The van der Waals surface area contributed by atoms with E-state index < -0.39 is 0 Å². The Morgan fingerprint density at radius 3 is 2.62 bits per heavy atom. The number of anilines is 1. The number of hydrogen-bond acceptors (Lipinski definition) is 5. The second-order valence-electron chi connectivity index (χ2n) is 6.87. The van der Waals surface area contributed by atoms with Crippen LogP contribution in [0.15, 0.2) is 33.9 Å². The Hall–Kier alpha value is -2.57. The Balaban J connectivity index is 1.47. The fourth-order valence-electron chi connectivity index (χ4n) is 2.92. The van der Waals surface area contributed by atoms with E-state index in [-0.39, 0.29) is 0 Å². The van der Waals surface area contributed by atoms with Crippen LogP contribution in [0.2, 0.25) is 0 Å². The fourth-order valence-corrected chi connectivity index (χ4v) is 2.92. The quantitative estimate of drug-likeness (QED) is 0.612. The van der Waals surface area contributed by atoms with Gasteiger partial charge < -0.3 is 20.1 Å². The first-order valence-corrected chi connectivity index (χ1v) is 9.25. The summed E-state index contributed by atoms with van der Waals surface area (Å²) in [5.41, 5.74) is 2.09. The number of hydrogen-bond donors (Lipinski definition) is 2. The lowest BCUT2D eigenvalue weighted by Crippen LogP contribution is -2.36. The molecule has 0 aromatic carbocycles. The third-order valence-electron chi connectivity index (χ3n) is 4.52. The van der Waals surface area contributed by atoms with Crippen LogP contribution in [0.4, 0.5) is 5.82 Å². The van der Waals surface area contributed by atoms with Crippen molar-refractivity contribution >= 4 is 11.8 Å². The lowest BCUT2D eigenvalue weighted by atomic mass is 10.1. The molecule has 3 heterocycles. The zero-order valence-corrected chi connectivity index (χ0v) is 15.8. The Labute approximate surface area is 154 Å². The minimum atomic E-state index is 0.362. The molecule has 7 nitrogen and oxygen atoms in total. The summed E-state index contributed by atoms with van der Waals surface area (Å²) in [5.74, 6) is 2.95. The molecule has 1 fully saturated rings. The molecule has 0 amide bonds. The molecule has 140 valence electrons. The summed E-state index contributed by atoms with van der Waals surface area (Å²) in [6.07, 6.45) is 4.45. The predicted molar refractivity (Wildman–Crippen MR) is 103 cm³/mol. The first kappa shape index (κ1) is 18.2. The van der Waals surface area contributed by atoms with Crippen molar-refractivity contribution in [1.29, 1.82) is 0 Å². The van der Waals surface area contributed by atoms with E-state index in [9.17, 15) is 0 Å². The number of nitrogens with one attached hydrogen (secondary N) is 2. The maximum Gasteiger partial charge on any atom is 0.191 e. The highest BCUT2D eigenvalue weighted by atomic mass is 16.5. The van der Waals surface area contributed by atoms with Gasteiger partial charge in [-0.1, -0.05) is 25.1 Å². The summed E-state index contributed by atoms with van der Waals surface area (Å²) < 4.78 is 5.34. The molecular formula is C19H28N6O. The van der Waals surface area contributed by atoms with Crippen molar-refractivity contribution in [3.63, 3.8) is 0 Å². The van der Waals surface area contributed by atoms with Gasteiger partial charge in [0, 0.05) is 38.9 Å². The van der Waals surface area contributed by atoms with Crippen molar-refractivity contribution in [3.05, 3.63) is 41.4 Å². The molecule has 7 heteroatoms. The van der Waals surface area contributed by atoms with Gasteiger partial charge in [-0.2, -0.15) is 0 Å². The van der Waals surface area contributed by atoms with Crippen molar-refractivity contribution < 1.29 is 4.52 Å². The van der Waals surface area contributed by atoms with Gasteiger partial charge in [-0.05, 0) is 30.4 Å². The van der Waals surface area contributed by atoms with Crippen LogP contribution in [0.1, 0.15) is 49.6 Å². The van der Waals surface area contributed by atoms with Crippen molar-refractivity contribution in [2.75, 3.05) is 25.0 Å². The highest BCUT2D eigenvalue weighted by molar-refractivity contribution is 5.79. The van der Waals surface area contributed by atoms with Crippen LogP contribution in [-0.4, -0.2) is 36.2 Å². The largest absolute Gasteiger partial charge is 0.359 e. The molecule has 0 aliphatic carbocycles. The zero-order valence-electron chi connectivity index (χ0n) is 15.8. The van der Waals surface area contributed by atoms with Gasteiger partial charge in [0.2, 0.25) is 0 Å². The molecular weight excluding hydrogens is 328 g/mol. The van der Waals surface area contributed by atoms with Crippen molar-refractivity contribution in [3.8, 4) is 0 Å². The second-order valence-corrected chi connectivity index (χ2v) is 6.87. The minimum absolute atomic E-state index is 0.362. The van der Waals surface area contributed by atoms with Gasteiger partial charge in [-0.3, -0.25) is 4.99 Å². The van der Waals surface area contributed by atoms with E-state index in [4.69, 9.17) is 4.52 Å². The summed E-state index contributed by atoms with van der Waals surface area (Å²) in [4.78, 5) is 11.2. The summed E-state index contributed by atoms with van der Waals surface area (Å²) in [6, 6.07) is 6.19. The lowest BCUT2D eigenvalue weighted by Gasteiger charge is -2.16. The van der Waals surface area contributed by atoms with Crippen LogP contribution >= 0.6 is 0 Å². The average Bonchev–Trinajstić information content (AvgIpc) is 3.34. The van der Waals surface area contributed by atoms with E-state index in [1.165, 1.54) is 12.8 Å². The van der Waals surface area contributed by atoms with Crippen LogP contribution in [0.25, 0.3) is 0 Å². The van der Waals surface area contributed by atoms with E-state index in [2.05, 4.69) is 56.6 Å². The van der Waals surface area contributed by atoms with Crippen molar-refractivity contribution in [2.45, 2.75) is 45.7 Å². The van der Waals surface area contributed by atoms with E-state index in [0.717, 1.165) is 41.9 Å². The number of pyridine rings is 1. The minimum Gasteiger partial charge on any atom is -0.359 e. The first-order valence-electron chi connectivity index (χ1n) is 9.25. The lowest BCUT2D eigenvalue weighted by molar-refractivity contribution is 0.372. The molecule has 1 aliphatic rings. The van der Waals surface area contributed by atoms with E-state index in [1.807, 2.05) is 12.3 Å². The van der Waals surface area contributed by atoms with Gasteiger partial charge in [-0.15, -0.1) is 0 Å². The van der Waals surface area contributed by atoms with Crippen LogP contribution < -0.4 is 15.5 Å². The van der Waals surface area contributed by atoms with Gasteiger partial charge in [-0.25, -0.2) is 4.98 Å². The third kappa shape index (κ3) is 4.74. The molecule has 2 aromatic heterocycles. The first-order chi connectivity index (χ1) is 12.7. The van der Waals surface area contributed by atoms with Crippen LogP contribution in [0, 0.1) is 0 Å². The number of aromatic nitrogens is 2. The number of guanidine groups is 1. The molecule has 0 radical (unpaired) electrons. The number of aliphatic imine (C=N–C) groups is 1. The van der Waals surface area contributed by atoms with Gasteiger partial charge in [0.1, 0.15) is 5.82 Å².